The molecule has 0 radical (unpaired) electrons. The van der Waals surface area contributed by atoms with E-state index in [1.807, 2.05) is 19.1 Å². The molecule has 2 N–H and O–H groups in total. The first kappa shape index (κ1) is 25.1. The average Bonchev–Trinajstić information content (AvgIpc) is 2.76. The Kier molecular flexibility index (Phi) is 7.48. The predicted molar refractivity (Wildman–Crippen MR) is 130 cm³/mol. The lowest BCUT2D eigenvalue weighted by atomic mass is 10.2. The molecule has 0 spiro atoms. The van der Waals surface area contributed by atoms with Crippen LogP contribution in [0.15, 0.2) is 75.8 Å². The number of carbonyl (C=O) groups is 2. The monoisotopic (exact) mass is 518 g/mol. The summed E-state index contributed by atoms with van der Waals surface area (Å²) in [5.41, 5.74) is 7.54. The third kappa shape index (κ3) is 5.86. The zero-order valence-electron chi connectivity index (χ0n) is 17.9. The molecule has 12 heteroatoms. The van der Waals surface area contributed by atoms with E-state index in [-0.39, 0.29) is 31.9 Å². The molecule has 0 aromatic heterocycles. The molecule has 34 heavy (non-hydrogen) atoms. The van der Waals surface area contributed by atoms with Crippen LogP contribution in [0, 0.1) is 6.92 Å². The first-order valence-corrected chi connectivity index (χ1v) is 12.2. The number of halogens is 2. The lowest BCUT2D eigenvalue weighted by molar-refractivity contribution is 0.0992. The molecule has 0 aliphatic carbocycles. The smallest absolute Gasteiger partial charge is 0.351 e. The van der Waals surface area contributed by atoms with Gasteiger partial charge in [0.15, 0.2) is 20.6 Å². The number of hydrogen-bond donors (Lipinski definition) is 1. The van der Waals surface area contributed by atoms with Gasteiger partial charge in [-0.25, -0.2) is 13.2 Å². The third-order valence-corrected chi connectivity index (χ3v) is 6.32. The van der Waals surface area contributed by atoms with E-state index in [1.165, 1.54) is 35.2 Å². The van der Waals surface area contributed by atoms with Crippen molar-refractivity contribution in [3.63, 3.8) is 0 Å². The number of nitrogens with zero attached hydrogens (tertiary/aromatic N) is 4. The summed E-state index contributed by atoms with van der Waals surface area (Å²) in [6.45, 7) is 1.91. The first-order chi connectivity index (χ1) is 16.0. The predicted octanol–water partition coefficient (Wildman–Crippen LogP) is 5.37. The summed E-state index contributed by atoms with van der Waals surface area (Å²) in [5.74, 6) is -0.818. The molecular formula is C22H18Cl2N5O4S+. The van der Waals surface area contributed by atoms with Gasteiger partial charge < -0.3 is 5.73 Å². The van der Waals surface area contributed by atoms with Gasteiger partial charge in [-0.2, -0.15) is 0 Å². The quantitative estimate of drug-likeness (QED) is 0.358. The average molecular weight is 519 g/mol. The Labute approximate surface area is 205 Å². The van der Waals surface area contributed by atoms with Crippen molar-refractivity contribution in [2.24, 2.45) is 16.0 Å². The molecule has 174 valence electrons. The summed E-state index contributed by atoms with van der Waals surface area (Å²) in [5, 5.41) is 7.51. The molecule has 0 fully saturated rings. The topological polar surface area (TPSA) is 136 Å². The van der Waals surface area contributed by atoms with Gasteiger partial charge in [-0.1, -0.05) is 40.9 Å². The standard InChI is InChI=1S/C22H17Cl2N5O4S/c1-13-3-6-15(7-4-13)29(22(25)31)20-11-14(5-10-18(20)23)26-28-27-21(30)17-9-8-16(12-19(17)24)34(2,32)33/h3-12H,1-2H3,(H-,25,31)/p+1. The molecule has 0 aliphatic heterocycles. The molecule has 3 amide bonds. The summed E-state index contributed by atoms with van der Waals surface area (Å²) in [6, 6.07) is 14.4. The summed E-state index contributed by atoms with van der Waals surface area (Å²) >= 11 is 12.3. The molecule has 3 aromatic carbocycles. The van der Waals surface area contributed by atoms with E-state index in [2.05, 4.69) is 15.1 Å². The minimum Gasteiger partial charge on any atom is -0.351 e. The van der Waals surface area contributed by atoms with Gasteiger partial charge >= 0.3 is 11.9 Å². The molecule has 3 aromatic rings. The second-order valence-electron chi connectivity index (χ2n) is 7.15. The number of rotatable bonds is 5. The van der Waals surface area contributed by atoms with E-state index < -0.39 is 21.8 Å². The third-order valence-electron chi connectivity index (χ3n) is 4.58. The van der Waals surface area contributed by atoms with Crippen LogP contribution in [-0.2, 0) is 9.84 Å². The van der Waals surface area contributed by atoms with Gasteiger partial charge in [0.05, 0.1) is 31.9 Å². The van der Waals surface area contributed by atoms with E-state index in [0.717, 1.165) is 17.9 Å². The Morgan fingerprint density at radius 1 is 0.971 bits per heavy atom. The fourth-order valence-corrected chi connectivity index (χ4v) is 4.06. The van der Waals surface area contributed by atoms with Gasteiger partial charge in [0.25, 0.3) is 0 Å². The Bertz CT molecular complexity index is 1450. The lowest BCUT2D eigenvalue weighted by Crippen LogP contribution is -2.31. The van der Waals surface area contributed by atoms with Gasteiger partial charge in [0.2, 0.25) is 10.0 Å². The number of aryl methyl sites for hydroxylation is 1. The molecule has 9 nitrogen and oxygen atoms in total. The number of anilines is 2. The highest BCUT2D eigenvalue weighted by Crippen LogP contribution is 2.35. The van der Waals surface area contributed by atoms with Crippen LogP contribution in [0.5, 0.6) is 0 Å². The summed E-state index contributed by atoms with van der Waals surface area (Å²) in [4.78, 5) is 29.2. The molecule has 0 bridgehead atoms. The number of primary amides is 1. The van der Waals surface area contributed by atoms with Crippen molar-refractivity contribution in [3.05, 3.63) is 81.8 Å². The Hall–Kier alpha value is -3.56. The maximum absolute atomic E-state index is 12.3. The normalized spacial score (nSPS) is 10.8. The van der Waals surface area contributed by atoms with E-state index in [0.29, 0.717) is 5.69 Å². The molecule has 0 unspecified atom stereocenters. The van der Waals surface area contributed by atoms with Crippen LogP contribution in [0.2, 0.25) is 10.0 Å². The number of urea groups is 1. The van der Waals surface area contributed by atoms with Crippen molar-refractivity contribution >= 4 is 62.0 Å². The van der Waals surface area contributed by atoms with Crippen LogP contribution in [0.4, 0.5) is 21.9 Å². The van der Waals surface area contributed by atoms with Crippen LogP contribution in [0.3, 0.4) is 0 Å². The fourth-order valence-electron chi connectivity index (χ4n) is 2.88. The Balaban J connectivity index is 1.91. The summed E-state index contributed by atoms with van der Waals surface area (Å²) in [7, 11) is -3.48. The molecule has 3 rings (SSSR count). The molecule has 0 saturated carbocycles. The van der Waals surface area contributed by atoms with Gasteiger partial charge in [0.1, 0.15) is 0 Å². The van der Waals surface area contributed by atoms with E-state index in [1.54, 1.807) is 12.1 Å². The maximum atomic E-state index is 12.3. The van der Waals surface area contributed by atoms with Crippen molar-refractivity contribution in [3.8, 4) is 0 Å². The molecule has 0 saturated heterocycles. The first-order valence-electron chi connectivity index (χ1n) is 9.59. The number of carbonyl (C=O) groups excluding carboxylic acids is 2. The van der Waals surface area contributed by atoms with Crippen LogP contribution < -0.4 is 15.5 Å². The van der Waals surface area contributed by atoms with Crippen LogP contribution >= 0.6 is 23.2 Å². The van der Waals surface area contributed by atoms with Crippen molar-refractivity contribution in [1.82, 2.24) is 4.91 Å². The van der Waals surface area contributed by atoms with Crippen molar-refractivity contribution in [1.29, 1.82) is 0 Å². The SMILES string of the molecule is Cc1ccc(N(C(N)=O)c2cc(N=[N+]=NC(=O)c3ccc(S(C)(=O)=O)cc3Cl)ccc2Cl)cc1. The van der Waals surface area contributed by atoms with E-state index in [9.17, 15) is 18.0 Å². The van der Waals surface area contributed by atoms with Crippen molar-refractivity contribution in [2.45, 2.75) is 11.8 Å². The van der Waals surface area contributed by atoms with Crippen LogP contribution in [0.1, 0.15) is 15.9 Å². The van der Waals surface area contributed by atoms with Crippen LogP contribution in [0.25, 0.3) is 0 Å². The minimum absolute atomic E-state index is 0.0306. The molecule has 0 aliphatic rings. The molecule has 0 atom stereocenters. The summed E-state index contributed by atoms with van der Waals surface area (Å²) in [6.07, 6.45) is 1.03. The van der Waals surface area contributed by atoms with Gasteiger partial charge in [-0.05, 0) is 55.5 Å². The van der Waals surface area contributed by atoms with E-state index in [4.69, 9.17) is 28.9 Å². The Morgan fingerprint density at radius 3 is 2.24 bits per heavy atom. The second kappa shape index (κ2) is 10.1. The van der Waals surface area contributed by atoms with Gasteiger partial charge in [0, 0.05) is 6.26 Å². The number of benzene rings is 3. The molecular weight excluding hydrogens is 501 g/mol. The second-order valence-corrected chi connectivity index (χ2v) is 9.98. The summed E-state index contributed by atoms with van der Waals surface area (Å²) < 4.78 is 23.2. The van der Waals surface area contributed by atoms with E-state index >= 15 is 0 Å². The van der Waals surface area contributed by atoms with Crippen molar-refractivity contribution < 1.29 is 18.0 Å². The fraction of sp³-hybridized carbons (Fsp3) is 0.0909. The van der Waals surface area contributed by atoms with Gasteiger partial charge in [-0.15, -0.1) is 0 Å². The highest BCUT2D eigenvalue weighted by molar-refractivity contribution is 7.90. The number of hydrogen-bond acceptors (Lipinski definition) is 5. The highest BCUT2D eigenvalue weighted by atomic mass is 35.5. The Morgan fingerprint density at radius 2 is 1.65 bits per heavy atom. The maximum Gasteiger partial charge on any atom is 0.362 e. The highest BCUT2D eigenvalue weighted by Gasteiger charge is 2.20. The number of nitrogens with two attached hydrogens (primary N) is 1. The molecule has 0 heterocycles. The number of sulfone groups is 1. The minimum atomic E-state index is -3.48. The zero-order chi connectivity index (χ0) is 25.0. The van der Waals surface area contributed by atoms with Crippen LogP contribution in [-0.4, -0.2) is 26.6 Å². The number of amides is 3. The zero-order valence-corrected chi connectivity index (χ0v) is 20.3. The van der Waals surface area contributed by atoms with Crippen molar-refractivity contribution in [2.75, 3.05) is 11.2 Å². The largest absolute Gasteiger partial charge is 0.362 e. The van der Waals surface area contributed by atoms with Gasteiger partial charge in [-0.3, -0.25) is 9.69 Å². The lowest BCUT2D eigenvalue weighted by Gasteiger charge is -2.21.